The van der Waals surface area contributed by atoms with Gasteiger partial charge in [-0.25, -0.2) is 22.3 Å². The molecule has 0 bridgehead atoms. The maximum Gasteiger partial charge on any atom is 0.334 e. The molecule has 132 valence electrons. The van der Waals surface area contributed by atoms with Gasteiger partial charge in [0.15, 0.2) is 0 Å². The van der Waals surface area contributed by atoms with Gasteiger partial charge in [-0.2, -0.15) is 0 Å². The average molecular weight is 363 g/mol. The molecule has 1 aliphatic carbocycles. The van der Waals surface area contributed by atoms with E-state index in [0.29, 0.717) is 28.7 Å². The quantitative estimate of drug-likeness (QED) is 0.662. The lowest BCUT2D eigenvalue weighted by Crippen LogP contribution is -2.23. The lowest BCUT2D eigenvalue weighted by molar-refractivity contribution is -0.135. The van der Waals surface area contributed by atoms with E-state index in [1.54, 1.807) is 25.1 Å². The average Bonchev–Trinajstić information content (AvgIpc) is 3.02. The Morgan fingerprint density at radius 3 is 2.56 bits per heavy atom. The first-order chi connectivity index (χ1) is 11.8. The molecule has 0 atom stereocenters. The number of allylic oxidation sites excluding steroid dienone is 4. The maximum atomic E-state index is 13.9. The molecule has 1 saturated heterocycles. The number of esters is 1. The number of hydrogen-bond acceptors (Lipinski definition) is 4. The summed E-state index contributed by atoms with van der Waals surface area (Å²) >= 11 is 0. The highest BCUT2D eigenvalue weighted by Gasteiger charge is 2.31. The van der Waals surface area contributed by atoms with Crippen molar-refractivity contribution in [3.05, 3.63) is 63.3 Å². The van der Waals surface area contributed by atoms with Crippen LogP contribution in [-0.2, 0) is 19.6 Å². The van der Waals surface area contributed by atoms with Crippen LogP contribution in [0.25, 0.3) is 5.57 Å². The fourth-order valence-corrected chi connectivity index (χ4v) is 3.92. The van der Waals surface area contributed by atoms with Crippen molar-refractivity contribution in [1.82, 2.24) is 4.72 Å². The van der Waals surface area contributed by atoms with Crippen molar-refractivity contribution in [3.63, 3.8) is 0 Å². The monoisotopic (exact) mass is 363 g/mol. The molecule has 3 rings (SSSR count). The Kier molecular flexibility index (Phi) is 4.62. The third kappa shape index (κ3) is 3.29. The number of aryl methyl sites for hydroxylation is 1. The second-order valence-electron chi connectivity index (χ2n) is 5.91. The summed E-state index contributed by atoms with van der Waals surface area (Å²) in [7, 11) is -2.41. The molecule has 1 aliphatic heterocycles. The topological polar surface area (TPSA) is 72.5 Å². The Hall–Kier alpha value is -2.25. The Morgan fingerprint density at radius 1 is 1.20 bits per heavy atom. The summed E-state index contributed by atoms with van der Waals surface area (Å²) in [6, 6.07) is 4.87. The third-order valence-electron chi connectivity index (χ3n) is 4.40. The molecule has 1 fully saturated rings. The molecule has 25 heavy (non-hydrogen) atoms. The minimum Gasteiger partial charge on any atom is -0.462 e. The van der Waals surface area contributed by atoms with Crippen molar-refractivity contribution < 1.29 is 22.3 Å². The Morgan fingerprint density at radius 2 is 1.96 bits per heavy atom. The van der Waals surface area contributed by atoms with E-state index in [1.807, 2.05) is 0 Å². The summed E-state index contributed by atoms with van der Waals surface area (Å²) < 4.78 is 45.8. The van der Waals surface area contributed by atoms with Gasteiger partial charge in [0.05, 0.1) is 11.5 Å². The predicted molar refractivity (Wildman–Crippen MR) is 92.4 cm³/mol. The van der Waals surface area contributed by atoms with Gasteiger partial charge in [-0.05, 0) is 54.8 Å². The van der Waals surface area contributed by atoms with Crippen LogP contribution >= 0.6 is 0 Å². The van der Waals surface area contributed by atoms with Crippen molar-refractivity contribution in [1.29, 1.82) is 0 Å². The van der Waals surface area contributed by atoms with Gasteiger partial charge in [-0.15, -0.1) is 0 Å². The Labute approximate surface area is 145 Å². The largest absolute Gasteiger partial charge is 0.462 e. The van der Waals surface area contributed by atoms with Crippen LogP contribution in [0.2, 0.25) is 0 Å². The molecule has 1 N–H and O–H groups in total. The highest BCUT2D eigenvalue weighted by atomic mass is 32.2. The first-order valence-corrected chi connectivity index (χ1v) is 9.32. The van der Waals surface area contributed by atoms with E-state index in [0.717, 1.165) is 5.57 Å². The molecule has 5 nitrogen and oxygen atoms in total. The number of benzene rings is 1. The summed E-state index contributed by atoms with van der Waals surface area (Å²) in [6.07, 6.45) is 3.69. The van der Waals surface area contributed by atoms with Gasteiger partial charge in [-0.1, -0.05) is 18.2 Å². The number of cyclic esters (lactones) is 1. The number of carbonyl (C=O) groups is 1. The first-order valence-electron chi connectivity index (χ1n) is 7.84. The van der Waals surface area contributed by atoms with E-state index in [1.165, 1.54) is 19.2 Å². The standard InChI is InChI=1S/C18H18FNO4S/c1-11-3-4-13(10-16(11)19)12-5-6-17(25(22,23)20-2)15(9-12)14-7-8-24-18(14)21/h3-6,10,20H,7-9H2,1-2H3. The van der Waals surface area contributed by atoms with Crippen LogP contribution in [0.5, 0.6) is 0 Å². The lowest BCUT2D eigenvalue weighted by atomic mass is 9.90. The highest BCUT2D eigenvalue weighted by Crippen LogP contribution is 2.37. The van der Waals surface area contributed by atoms with Crippen LogP contribution in [-0.4, -0.2) is 28.0 Å². The summed E-state index contributed by atoms with van der Waals surface area (Å²) in [5.74, 6) is -0.825. The molecule has 0 amide bonds. The van der Waals surface area contributed by atoms with Crippen LogP contribution < -0.4 is 4.72 Å². The van der Waals surface area contributed by atoms with E-state index >= 15 is 0 Å². The van der Waals surface area contributed by atoms with Crippen LogP contribution in [0.4, 0.5) is 4.39 Å². The van der Waals surface area contributed by atoms with Gasteiger partial charge in [0, 0.05) is 12.0 Å². The van der Waals surface area contributed by atoms with Crippen LogP contribution in [0.1, 0.15) is 24.0 Å². The van der Waals surface area contributed by atoms with E-state index in [-0.39, 0.29) is 23.8 Å². The molecule has 1 aromatic carbocycles. The van der Waals surface area contributed by atoms with Gasteiger partial charge in [0.1, 0.15) is 5.82 Å². The molecular formula is C18H18FNO4S. The molecule has 0 aromatic heterocycles. The van der Waals surface area contributed by atoms with Crippen molar-refractivity contribution in [3.8, 4) is 0 Å². The van der Waals surface area contributed by atoms with Gasteiger partial charge in [0.25, 0.3) is 0 Å². The summed E-state index contributed by atoms with van der Waals surface area (Å²) in [5, 5.41) is 0. The number of sulfonamides is 1. The molecule has 0 radical (unpaired) electrons. The Bertz CT molecular complexity index is 942. The number of carbonyl (C=O) groups excluding carboxylic acids is 1. The van der Waals surface area contributed by atoms with E-state index < -0.39 is 16.0 Å². The molecule has 7 heteroatoms. The molecule has 1 heterocycles. The zero-order chi connectivity index (χ0) is 18.2. The molecule has 0 unspecified atom stereocenters. The second-order valence-corrected chi connectivity index (χ2v) is 7.77. The minimum absolute atomic E-state index is 0.0557. The fraction of sp³-hybridized carbons (Fsp3) is 0.278. The summed E-state index contributed by atoms with van der Waals surface area (Å²) in [4.78, 5) is 12.0. The fourth-order valence-electron chi connectivity index (χ4n) is 2.93. The zero-order valence-electron chi connectivity index (χ0n) is 13.9. The third-order valence-corrected chi connectivity index (χ3v) is 5.90. The molecular weight excluding hydrogens is 345 g/mol. The number of rotatable bonds is 3. The Balaban J connectivity index is 2.13. The highest BCUT2D eigenvalue weighted by molar-refractivity contribution is 7.93. The lowest BCUT2D eigenvalue weighted by Gasteiger charge is -2.20. The molecule has 0 spiro atoms. The smallest absolute Gasteiger partial charge is 0.334 e. The number of halogens is 1. The van der Waals surface area contributed by atoms with E-state index in [4.69, 9.17) is 4.74 Å². The van der Waals surface area contributed by atoms with Crippen LogP contribution in [0.15, 0.2) is 46.4 Å². The number of hydrogen-bond donors (Lipinski definition) is 1. The zero-order valence-corrected chi connectivity index (χ0v) is 14.7. The van der Waals surface area contributed by atoms with Crippen LogP contribution in [0.3, 0.4) is 0 Å². The van der Waals surface area contributed by atoms with Crippen molar-refractivity contribution in [2.75, 3.05) is 13.7 Å². The molecule has 2 aliphatic rings. The second kappa shape index (κ2) is 6.57. The van der Waals surface area contributed by atoms with Gasteiger partial charge in [0.2, 0.25) is 10.0 Å². The maximum absolute atomic E-state index is 13.9. The van der Waals surface area contributed by atoms with Crippen molar-refractivity contribution in [2.45, 2.75) is 19.8 Å². The SMILES string of the molecule is CNS(=O)(=O)C1=CC=C(c2ccc(C)c(F)c2)CC1=C1CCOC1=O. The molecule has 0 saturated carbocycles. The summed E-state index contributed by atoms with van der Waals surface area (Å²) in [5.41, 5.74) is 2.71. The van der Waals surface area contributed by atoms with Crippen LogP contribution in [0, 0.1) is 12.7 Å². The van der Waals surface area contributed by atoms with Gasteiger partial charge in [-0.3, -0.25) is 0 Å². The normalized spacial score (nSPS) is 21.0. The van der Waals surface area contributed by atoms with Gasteiger partial charge < -0.3 is 4.74 Å². The minimum atomic E-state index is -3.72. The van der Waals surface area contributed by atoms with E-state index in [9.17, 15) is 17.6 Å². The first kappa shape index (κ1) is 17.6. The predicted octanol–water partition coefficient (Wildman–Crippen LogP) is 2.60. The molecule has 1 aromatic rings. The van der Waals surface area contributed by atoms with Crippen molar-refractivity contribution >= 4 is 21.6 Å². The van der Waals surface area contributed by atoms with Crippen molar-refractivity contribution in [2.24, 2.45) is 0 Å². The van der Waals surface area contributed by atoms with E-state index in [2.05, 4.69) is 4.72 Å². The van der Waals surface area contributed by atoms with Gasteiger partial charge >= 0.3 is 5.97 Å². The number of nitrogens with one attached hydrogen (secondary N) is 1. The number of ether oxygens (including phenoxy) is 1. The summed E-state index contributed by atoms with van der Waals surface area (Å²) in [6.45, 7) is 1.91.